The van der Waals surface area contributed by atoms with Crippen LogP contribution in [0, 0.1) is 39.3 Å². The summed E-state index contributed by atoms with van der Waals surface area (Å²) in [6.07, 6.45) is 3.20. The third kappa shape index (κ3) is 18.6. The molecule has 0 aliphatic carbocycles. The number of nitrogen functional groups attached to an aromatic ring is 1. The van der Waals surface area contributed by atoms with E-state index in [9.17, 15) is 37.5 Å². The topological polar surface area (TPSA) is 270 Å². The number of piperazine rings is 1. The third-order valence-electron chi connectivity index (χ3n) is 9.82. The van der Waals surface area contributed by atoms with E-state index in [1.165, 1.54) is 108 Å². The highest BCUT2D eigenvalue weighted by atomic mass is 32.1. The number of carbonyl (C=O) groups is 4. The number of nitrogens with one attached hydrogen (secondary N) is 1. The van der Waals surface area contributed by atoms with Crippen molar-refractivity contribution < 1.29 is 42.2 Å². The average Bonchev–Trinajstić information content (AvgIpc) is 4.27. The molecule has 77 heavy (non-hydrogen) atoms. The molecule has 1 fully saturated rings. The van der Waals surface area contributed by atoms with E-state index in [0.29, 0.717) is 43.5 Å². The lowest BCUT2D eigenvalue weighted by Crippen LogP contribution is -2.43. The van der Waals surface area contributed by atoms with Gasteiger partial charge in [-0.2, -0.15) is 0 Å². The van der Waals surface area contributed by atoms with Gasteiger partial charge in [-0.1, -0.05) is 0 Å². The number of hydrogen-bond donors (Lipinski definition) is 2. The van der Waals surface area contributed by atoms with Crippen LogP contribution in [0.2, 0.25) is 0 Å². The van der Waals surface area contributed by atoms with E-state index in [-0.39, 0.29) is 34.9 Å². The summed E-state index contributed by atoms with van der Waals surface area (Å²) in [4.78, 5) is 98.0. The van der Waals surface area contributed by atoms with Gasteiger partial charge in [0.1, 0.15) is 56.6 Å². The summed E-state index contributed by atoms with van der Waals surface area (Å²) in [5.74, 6) is -1.26. The van der Waals surface area contributed by atoms with E-state index in [0.717, 1.165) is 72.0 Å². The van der Waals surface area contributed by atoms with Crippen molar-refractivity contribution in [1.82, 2.24) is 49.0 Å². The maximum atomic E-state index is 13.0. The molecule has 0 spiro atoms. The normalized spacial score (nSPS) is 11.4. The third-order valence-corrected chi connectivity index (χ3v) is 13.8. The number of carbonyl (C=O) groups excluding carboxylic acids is 4. The van der Waals surface area contributed by atoms with E-state index in [2.05, 4.69) is 59.3 Å². The number of aromatic nitrogens is 9. The molecule has 0 bridgehead atoms. The monoisotopic (exact) mass is 1130 g/mol. The van der Waals surface area contributed by atoms with Crippen LogP contribution < -0.4 is 27.1 Å². The summed E-state index contributed by atoms with van der Waals surface area (Å²) in [5, 5.41) is 13.3. The summed E-state index contributed by atoms with van der Waals surface area (Å²) in [7, 11) is 3.76. The lowest BCUT2D eigenvalue weighted by atomic mass is 10.3. The van der Waals surface area contributed by atoms with Gasteiger partial charge in [0.2, 0.25) is 5.78 Å². The van der Waals surface area contributed by atoms with Crippen LogP contribution in [-0.4, -0.2) is 115 Å². The maximum absolute atomic E-state index is 13.0. The smallest absolute Gasteiger partial charge is 0.469 e. The zero-order valence-corrected chi connectivity index (χ0v) is 46.1. The minimum Gasteiger partial charge on any atom is -0.469 e. The molecule has 27 heteroatoms. The number of fused-ring (bicyclic) bond motifs is 2. The van der Waals surface area contributed by atoms with Crippen molar-refractivity contribution >= 4 is 91.8 Å². The van der Waals surface area contributed by atoms with Crippen molar-refractivity contribution in [3.63, 3.8) is 0 Å². The molecule has 3 N–H and O–H groups in total. The van der Waals surface area contributed by atoms with E-state index in [4.69, 9.17) is 5.73 Å². The van der Waals surface area contributed by atoms with Gasteiger partial charge in [-0.25, -0.2) is 48.5 Å². The summed E-state index contributed by atoms with van der Waals surface area (Å²) in [6, 6.07) is 12.3. The number of ketones is 2. The zero-order chi connectivity index (χ0) is 56.2. The minimum atomic E-state index is -0.657. The van der Waals surface area contributed by atoms with Crippen LogP contribution in [0.3, 0.4) is 0 Å². The highest BCUT2D eigenvalue weighted by Gasteiger charge is 2.16. The summed E-state index contributed by atoms with van der Waals surface area (Å²) >= 11 is 5.57. The van der Waals surface area contributed by atoms with Crippen LogP contribution in [-0.2, 0) is 19.0 Å². The van der Waals surface area contributed by atoms with Crippen LogP contribution in [0.5, 0.6) is 0 Å². The first-order chi connectivity index (χ1) is 36.8. The molecule has 1 saturated heterocycles. The molecule has 0 saturated carbocycles. The SMILES string of the molecule is CC(=O)c1nc(C)cs1.COC(=O)CC(=O)c1nc(C)cs1.COC(=O)OC.Cc1csc(-c2cc(=O)n3cc(F)ccc3n2)n1.Cc1csc(-c2cc(=O)n3cc(N4CCNCC4)ccc3n2)n1.Nc1ccc(F)cn1. The van der Waals surface area contributed by atoms with Gasteiger partial charge in [-0.05, 0) is 64.1 Å². The predicted molar refractivity (Wildman–Crippen MR) is 292 cm³/mol. The Kier molecular flexibility index (Phi) is 22.7. The number of thiazole rings is 4. The van der Waals surface area contributed by atoms with Gasteiger partial charge in [-0.15, -0.1) is 45.3 Å². The summed E-state index contributed by atoms with van der Waals surface area (Å²) < 4.78 is 40.2. The quantitative estimate of drug-likeness (QED) is 0.0873. The minimum absolute atomic E-state index is 0.0492. The molecule has 1 aliphatic heterocycles. The van der Waals surface area contributed by atoms with Crippen LogP contribution in [0.4, 0.5) is 25.1 Å². The molecule has 21 nitrogen and oxygen atoms in total. The van der Waals surface area contributed by atoms with E-state index >= 15 is 0 Å². The average molecular weight is 1130 g/mol. The Labute approximate surface area is 455 Å². The van der Waals surface area contributed by atoms with Gasteiger partial charge < -0.3 is 30.2 Å². The lowest BCUT2D eigenvalue weighted by molar-refractivity contribution is -0.139. The second kappa shape index (κ2) is 29.3. The Hall–Kier alpha value is -8.11. The molecule has 0 atom stereocenters. The van der Waals surface area contributed by atoms with E-state index in [1.807, 2.05) is 55.2 Å². The molecule has 1 aliphatic rings. The van der Waals surface area contributed by atoms with Crippen molar-refractivity contribution in [2.45, 2.75) is 41.0 Å². The molecule has 10 rings (SSSR count). The second-order valence-corrected chi connectivity index (χ2v) is 19.3. The van der Waals surface area contributed by atoms with Crippen molar-refractivity contribution in [2.24, 2.45) is 0 Å². The van der Waals surface area contributed by atoms with Gasteiger partial charge in [0.05, 0.1) is 33.2 Å². The number of nitrogens with two attached hydrogens (primary N) is 1. The molecule has 10 heterocycles. The number of pyridine rings is 3. The molecule has 0 unspecified atom stereocenters. The highest BCUT2D eigenvalue weighted by molar-refractivity contribution is 7.13. The standard InChI is InChI=1S/C16H17N5OS.C12H8FN3OS.C8H9NO3S.C6H7NOS.C5H5FN2.C3H6O3/c1-11-10-23-16(18-11)13-8-15(22)21-9-12(2-3-14(21)19-13)20-6-4-17-5-7-20;1-7-6-18-12(14-7)9-4-11(17)16-5-8(13)2-3-10(16)15-9;1-5-4-13-8(9-5)6(10)3-7(11)12-2;1-4-3-9-6(7-4)5(2)8;6-4-1-2-5(7)8-3-4;1-5-3(4)6-2/h2-3,8-10,17H,4-7H2,1H3;2-6H,1H3;4H,3H2,1-2H3;3H,1-2H3;1-3H,(H2,7,8);1-2H3. The fraction of sp³-hybridized carbons (Fsp3) is 0.260. The number of Topliss-reactive ketones (excluding diaryl/α,β-unsaturated/α-hetero) is 2. The molecule has 0 amide bonds. The molecule has 0 radical (unpaired) electrons. The van der Waals surface area contributed by atoms with Gasteiger partial charge in [0, 0.05) is 102 Å². The van der Waals surface area contributed by atoms with Crippen molar-refractivity contribution in [3.05, 3.63) is 154 Å². The van der Waals surface area contributed by atoms with Crippen LogP contribution >= 0.6 is 45.3 Å². The Bertz CT molecular complexity index is 3530. The van der Waals surface area contributed by atoms with Gasteiger partial charge in [-0.3, -0.25) is 32.8 Å². The summed E-state index contributed by atoms with van der Waals surface area (Å²) in [6.45, 7) is 12.8. The van der Waals surface area contributed by atoms with Gasteiger partial charge in [0.25, 0.3) is 11.1 Å². The Morgan fingerprint density at radius 1 is 0.636 bits per heavy atom. The number of nitrogens with zero attached hydrogens (tertiary/aromatic N) is 10. The lowest BCUT2D eigenvalue weighted by Gasteiger charge is -2.29. The number of aryl methyl sites for hydroxylation is 4. The zero-order valence-electron chi connectivity index (χ0n) is 42.8. The number of ether oxygens (including phenoxy) is 3. The Morgan fingerprint density at radius 2 is 1.13 bits per heavy atom. The first kappa shape index (κ1) is 59.8. The number of methoxy groups -OCH3 is 3. The first-order valence-corrected chi connectivity index (χ1v) is 26.3. The largest absolute Gasteiger partial charge is 0.507 e. The number of anilines is 2. The highest BCUT2D eigenvalue weighted by Crippen LogP contribution is 2.23. The summed E-state index contributed by atoms with van der Waals surface area (Å²) in [5.41, 5.74) is 11.6. The second-order valence-electron chi connectivity index (χ2n) is 15.9. The van der Waals surface area contributed by atoms with Crippen molar-refractivity contribution in [2.75, 3.05) is 58.1 Å². The number of hydrogen-bond acceptors (Lipinski definition) is 23. The molecule has 404 valence electrons. The number of rotatable bonds is 7. The van der Waals surface area contributed by atoms with Crippen LogP contribution in [0.15, 0.2) is 98.2 Å². The first-order valence-electron chi connectivity index (χ1n) is 22.7. The van der Waals surface area contributed by atoms with Crippen molar-refractivity contribution in [3.8, 4) is 21.4 Å². The predicted octanol–water partition coefficient (Wildman–Crippen LogP) is 7.86. The van der Waals surface area contributed by atoms with Gasteiger partial charge >= 0.3 is 12.1 Å². The number of esters is 1. The molecule has 0 aromatic carbocycles. The van der Waals surface area contributed by atoms with Gasteiger partial charge in [0.15, 0.2) is 15.8 Å². The fourth-order valence-electron chi connectivity index (χ4n) is 6.19. The van der Waals surface area contributed by atoms with E-state index in [1.54, 1.807) is 22.8 Å². The molecule has 9 aromatic heterocycles. The van der Waals surface area contributed by atoms with Crippen molar-refractivity contribution in [1.29, 1.82) is 0 Å². The fourth-order valence-corrected chi connectivity index (χ4v) is 9.13. The van der Waals surface area contributed by atoms with Crippen LogP contribution in [0.1, 0.15) is 55.7 Å². The number of halogens is 2. The molecular formula is C50H52F2N12O9S4. The Morgan fingerprint density at radius 3 is 1.55 bits per heavy atom. The van der Waals surface area contributed by atoms with Crippen LogP contribution in [0.25, 0.3) is 32.7 Å². The van der Waals surface area contributed by atoms with E-state index < -0.39 is 17.9 Å². The maximum Gasteiger partial charge on any atom is 0.507 e. The molecular weight excluding hydrogens is 1080 g/mol. The molecule has 9 aromatic rings. The Balaban J connectivity index is 0.000000181.